The quantitative estimate of drug-likeness (QED) is 0.691. The number of amides is 1. The fourth-order valence-corrected chi connectivity index (χ4v) is 4.73. The fourth-order valence-electron chi connectivity index (χ4n) is 3.28. The molecule has 2 aromatic heterocycles. The van der Waals surface area contributed by atoms with Gasteiger partial charge in [0.1, 0.15) is 10.7 Å². The minimum absolute atomic E-state index is 0.0129. The Morgan fingerprint density at radius 3 is 2.59 bits per heavy atom. The molecule has 142 valence electrons. The lowest BCUT2D eigenvalue weighted by atomic mass is 10.1. The highest BCUT2D eigenvalue weighted by Crippen LogP contribution is 2.31. The van der Waals surface area contributed by atoms with Gasteiger partial charge in [-0.15, -0.1) is 11.3 Å². The molecule has 0 aliphatic carbocycles. The van der Waals surface area contributed by atoms with Crippen molar-refractivity contribution < 1.29 is 4.79 Å². The molecule has 27 heavy (non-hydrogen) atoms. The molecule has 0 aliphatic rings. The second kappa shape index (κ2) is 7.92. The molecule has 0 fully saturated rings. The largest absolute Gasteiger partial charge is 0.349 e. The van der Waals surface area contributed by atoms with Crippen LogP contribution in [0.3, 0.4) is 0 Å². The van der Waals surface area contributed by atoms with Crippen LogP contribution in [0, 0.1) is 20.8 Å². The number of rotatable bonds is 5. The summed E-state index contributed by atoms with van der Waals surface area (Å²) >= 11 is 7.77. The second-order valence-electron chi connectivity index (χ2n) is 6.80. The zero-order chi connectivity index (χ0) is 19.7. The molecule has 0 saturated heterocycles. The van der Waals surface area contributed by atoms with Crippen LogP contribution in [0.5, 0.6) is 0 Å². The molecular formula is C20H23ClN4OS. The van der Waals surface area contributed by atoms with Gasteiger partial charge in [-0.25, -0.2) is 9.97 Å². The van der Waals surface area contributed by atoms with E-state index in [0.717, 1.165) is 32.9 Å². The molecular weight excluding hydrogens is 380 g/mol. The number of hydrogen-bond acceptors (Lipinski definition) is 5. The number of aryl methyl sites for hydroxylation is 3. The van der Waals surface area contributed by atoms with Crippen LogP contribution in [0.1, 0.15) is 38.4 Å². The Hall–Kier alpha value is -2.02. The number of fused-ring (bicyclic) bond motifs is 1. The minimum Gasteiger partial charge on any atom is -0.349 e. The smallest absolute Gasteiger partial charge is 0.261 e. The van der Waals surface area contributed by atoms with Crippen molar-refractivity contribution in [1.82, 2.24) is 20.2 Å². The van der Waals surface area contributed by atoms with Crippen molar-refractivity contribution in [3.8, 4) is 0 Å². The molecule has 0 bridgehead atoms. The first-order chi connectivity index (χ1) is 12.8. The van der Waals surface area contributed by atoms with Crippen molar-refractivity contribution >= 4 is 39.1 Å². The maximum Gasteiger partial charge on any atom is 0.261 e. The van der Waals surface area contributed by atoms with E-state index >= 15 is 0 Å². The van der Waals surface area contributed by atoms with Gasteiger partial charge in [-0.05, 0) is 52.1 Å². The summed E-state index contributed by atoms with van der Waals surface area (Å²) in [6.45, 7) is 6.24. The minimum atomic E-state index is -0.0912. The Kier molecular flexibility index (Phi) is 5.79. The van der Waals surface area contributed by atoms with Crippen molar-refractivity contribution in [3.05, 3.63) is 56.8 Å². The number of likely N-dealkylation sites (N-methyl/N-ethyl adjacent to an activating group) is 1. The molecule has 1 N–H and O–H groups in total. The third-order valence-electron chi connectivity index (χ3n) is 4.63. The Balaban J connectivity index is 1.85. The van der Waals surface area contributed by atoms with Gasteiger partial charge in [0.2, 0.25) is 0 Å². The summed E-state index contributed by atoms with van der Waals surface area (Å²) in [5, 5.41) is 4.74. The van der Waals surface area contributed by atoms with E-state index < -0.39 is 0 Å². The summed E-state index contributed by atoms with van der Waals surface area (Å²) in [5.41, 5.74) is 2.84. The maximum atomic E-state index is 12.9. The molecule has 7 heteroatoms. The molecule has 1 aromatic carbocycles. The van der Waals surface area contributed by atoms with E-state index in [2.05, 4.69) is 20.2 Å². The Morgan fingerprint density at radius 2 is 1.93 bits per heavy atom. The summed E-state index contributed by atoms with van der Waals surface area (Å²) in [6.07, 6.45) is 0. The Labute approximate surface area is 168 Å². The van der Waals surface area contributed by atoms with E-state index in [9.17, 15) is 4.79 Å². The van der Waals surface area contributed by atoms with Crippen molar-refractivity contribution in [2.45, 2.75) is 26.8 Å². The van der Waals surface area contributed by atoms with E-state index in [0.29, 0.717) is 16.4 Å². The topological polar surface area (TPSA) is 58.1 Å². The number of aromatic nitrogens is 2. The number of thiophene rings is 1. The predicted molar refractivity (Wildman–Crippen MR) is 112 cm³/mol. The van der Waals surface area contributed by atoms with Crippen molar-refractivity contribution in [2.75, 3.05) is 20.6 Å². The second-order valence-corrected chi connectivity index (χ2v) is 8.21. The zero-order valence-electron chi connectivity index (χ0n) is 16.1. The molecule has 5 nitrogen and oxygen atoms in total. The third kappa shape index (κ3) is 3.98. The van der Waals surface area contributed by atoms with Crippen LogP contribution in [0.15, 0.2) is 24.3 Å². The molecule has 1 amide bonds. The van der Waals surface area contributed by atoms with Crippen molar-refractivity contribution in [3.63, 3.8) is 0 Å². The first-order valence-corrected chi connectivity index (χ1v) is 9.92. The molecule has 3 rings (SSSR count). The monoisotopic (exact) mass is 402 g/mol. The van der Waals surface area contributed by atoms with E-state index in [4.69, 9.17) is 11.6 Å². The van der Waals surface area contributed by atoms with Gasteiger partial charge in [-0.2, -0.15) is 0 Å². The molecule has 0 spiro atoms. The lowest BCUT2D eigenvalue weighted by molar-refractivity contribution is 0.0945. The van der Waals surface area contributed by atoms with Crippen LogP contribution in [0.25, 0.3) is 10.2 Å². The summed E-state index contributed by atoms with van der Waals surface area (Å²) < 4.78 is 0. The summed E-state index contributed by atoms with van der Waals surface area (Å²) in [5.74, 6) is 0.631. The molecule has 0 saturated carbocycles. The fraction of sp³-hybridized carbons (Fsp3) is 0.350. The third-order valence-corrected chi connectivity index (χ3v) is 6.16. The zero-order valence-corrected chi connectivity index (χ0v) is 17.7. The first-order valence-electron chi connectivity index (χ1n) is 8.73. The van der Waals surface area contributed by atoms with Gasteiger partial charge in [0.15, 0.2) is 0 Å². The van der Waals surface area contributed by atoms with Gasteiger partial charge in [0, 0.05) is 22.6 Å². The van der Waals surface area contributed by atoms with E-state index in [1.54, 1.807) is 0 Å². The molecule has 3 aromatic rings. The van der Waals surface area contributed by atoms with Crippen LogP contribution in [0.4, 0.5) is 0 Å². The number of nitrogens with zero attached hydrogens (tertiary/aromatic N) is 3. The lowest BCUT2D eigenvalue weighted by Crippen LogP contribution is -2.34. The predicted octanol–water partition coefficient (Wildman–Crippen LogP) is 4.30. The summed E-state index contributed by atoms with van der Waals surface area (Å²) in [6, 6.07) is 7.71. The number of carbonyl (C=O) groups is 1. The van der Waals surface area contributed by atoms with Crippen LogP contribution in [-0.2, 0) is 0 Å². The summed E-state index contributed by atoms with van der Waals surface area (Å²) in [7, 11) is 3.96. The Bertz CT molecular complexity index is 999. The van der Waals surface area contributed by atoms with Crippen molar-refractivity contribution in [1.29, 1.82) is 0 Å². The number of halogens is 1. The molecule has 2 heterocycles. The number of benzene rings is 1. The number of hydrogen-bond donors (Lipinski definition) is 1. The standard InChI is InChI=1S/C20H23ClN4OS/c1-11-17-12(2)23-13(3)24-20(17)27-18(11)19(26)22-10-16(25(4)5)14-8-6-7-9-15(14)21/h6-9,16H,10H2,1-5H3,(H,22,26). The van der Waals surface area contributed by atoms with Gasteiger partial charge < -0.3 is 10.2 Å². The maximum absolute atomic E-state index is 12.9. The van der Waals surface area contributed by atoms with Gasteiger partial charge in [0.25, 0.3) is 5.91 Å². The highest BCUT2D eigenvalue weighted by molar-refractivity contribution is 7.20. The van der Waals surface area contributed by atoms with Crippen LogP contribution >= 0.6 is 22.9 Å². The van der Waals surface area contributed by atoms with Gasteiger partial charge >= 0.3 is 0 Å². The Morgan fingerprint density at radius 1 is 1.22 bits per heavy atom. The number of nitrogens with one attached hydrogen (secondary N) is 1. The molecule has 0 aliphatic heterocycles. The molecule has 0 radical (unpaired) electrons. The number of carbonyl (C=O) groups excluding carboxylic acids is 1. The van der Waals surface area contributed by atoms with Crippen LogP contribution < -0.4 is 5.32 Å². The van der Waals surface area contributed by atoms with Gasteiger partial charge in [-0.1, -0.05) is 29.8 Å². The average Bonchev–Trinajstić information content (AvgIpc) is 2.92. The summed E-state index contributed by atoms with van der Waals surface area (Å²) in [4.78, 5) is 25.4. The van der Waals surface area contributed by atoms with E-state index in [1.165, 1.54) is 11.3 Å². The van der Waals surface area contributed by atoms with Gasteiger partial charge in [-0.3, -0.25) is 4.79 Å². The van der Waals surface area contributed by atoms with Crippen LogP contribution in [-0.4, -0.2) is 41.4 Å². The molecule has 1 atom stereocenters. The highest BCUT2D eigenvalue weighted by Gasteiger charge is 2.22. The van der Waals surface area contributed by atoms with E-state index in [1.807, 2.05) is 59.1 Å². The van der Waals surface area contributed by atoms with Crippen molar-refractivity contribution in [2.24, 2.45) is 0 Å². The lowest BCUT2D eigenvalue weighted by Gasteiger charge is -2.26. The van der Waals surface area contributed by atoms with Gasteiger partial charge in [0.05, 0.1) is 10.9 Å². The SMILES string of the molecule is Cc1nc(C)c2c(C)c(C(=O)NCC(c3ccccc3Cl)N(C)C)sc2n1. The van der Waals surface area contributed by atoms with Crippen LogP contribution in [0.2, 0.25) is 5.02 Å². The molecule has 1 unspecified atom stereocenters. The highest BCUT2D eigenvalue weighted by atomic mass is 35.5. The first kappa shape index (κ1) is 19.7. The average molecular weight is 403 g/mol. The van der Waals surface area contributed by atoms with E-state index in [-0.39, 0.29) is 11.9 Å². The normalized spacial score (nSPS) is 12.6.